The van der Waals surface area contributed by atoms with E-state index in [2.05, 4.69) is 9.97 Å². The van der Waals surface area contributed by atoms with Crippen LogP contribution < -0.4 is 0 Å². The molecule has 2 heterocycles. The second kappa shape index (κ2) is 7.72. The number of hydrogen-bond donors (Lipinski definition) is 1. The number of H-pyrrole nitrogens is 1. The maximum Gasteiger partial charge on any atom is 0.416 e. The smallest absolute Gasteiger partial charge is 0.416 e. The zero-order chi connectivity index (χ0) is 21.4. The van der Waals surface area contributed by atoms with Crippen molar-refractivity contribution in [3.05, 3.63) is 41.9 Å². The first-order chi connectivity index (χ1) is 13.4. The van der Waals surface area contributed by atoms with E-state index in [1.165, 1.54) is 12.1 Å². The van der Waals surface area contributed by atoms with Crippen molar-refractivity contribution in [3.8, 4) is 11.3 Å². The summed E-state index contributed by atoms with van der Waals surface area (Å²) >= 11 is 0. The molecule has 0 aliphatic carbocycles. The zero-order valence-corrected chi connectivity index (χ0v) is 17.0. The number of benzene rings is 1. The normalized spacial score (nSPS) is 20.6. The van der Waals surface area contributed by atoms with Gasteiger partial charge in [0.05, 0.1) is 17.5 Å². The standard InChI is InChI=1S/C21H26F3N3O2/c1-13-11-15(9-10-27(13)19(28)29-20(2,3)4)18-25-12-17(26-18)14-5-7-16(8-6-14)21(22,23)24/h5-8,12-13,15H,9-11H2,1-4H3,(H,25,26). The topological polar surface area (TPSA) is 58.2 Å². The average Bonchev–Trinajstić information content (AvgIpc) is 3.09. The SMILES string of the molecule is CC1CC(c2ncc(-c3ccc(C(F)(F)F)cc3)[nH]2)CCN1C(=O)OC(C)(C)C. The Bertz CT molecular complexity index is 853. The van der Waals surface area contributed by atoms with Gasteiger partial charge < -0.3 is 14.6 Å². The van der Waals surface area contributed by atoms with E-state index in [4.69, 9.17) is 4.74 Å². The molecule has 1 N–H and O–H groups in total. The number of carbonyl (C=O) groups is 1. The molecule has 0 bridgehead atoms. The molecule has 2 atom stereocenters. The number of halogens is 3. The van der Waals surface area contributed by atoms with Crippen LogP contribution in [0.1, 0.15) is 57.8 Å². The Hall–Kier alpha value is -2.51. The first-order valence-electron chi connectivity index (χ1n) is 9.66. The summed E-state index contributed by atoms with van der Waals surface area (Å²) in [6.07, 6.45) is -1.55. The first-order valence-corrected chi connectivity index (χ1v) is 9.66. The summed E-state index contributed by atoms with van der Waals surface area (Å²) in [4.78, 5) is 21.8. The van der Waals surface area contributed by atoms with Crippen LogP contribution in [0.2, 0.25) is 0 Å². The number of ether oxygens (including phenoxy) is 1. The van der Waals surface area contributed by atoms with E-state index in [-0.39, 0.29) is 18.1 Å². The van der Waals surface area contributed by atoms with Crippen LogP contribution in [-0.4, -0.2) is 39.1 Å². The van der Waals surface area contributed by atoms with Crippen molar-refractivity contribution in [3.63, 3.8) is 0 Å². The minimum absolute atomic E-state index is 0.00298. The molecule has 1 amide bonds. The van der Waals surface area contributed by atoms with Gasteiger partial charge >= 0.3 is 12.3 Å². The minimum atomic E-state index is -4.35. The number of carbonyl (C=O) groups excluding carboxylic acids is 1. The van der Waals surface area contributed by atoms with Gasteiger partial charge in [0.2, 0.25) is 0 Å². The number of alkyl halides is 3. The van der Waals surface area contributed by atoms with Crippen molar-refractivity contribution in [2.24, 2.45) is 0 Å². The molecule has 0 radical (unpaired) electrons. The molecule has 5 nitrogen and oxygen atoms in total. The van der Waals surface area contributed by atoms with Crippen LogP contribution in [0.25, 0.3) is 11.3 Å². The highest BCUT2D eigenvalue weighted by Gasteiger charge is 2.33. The number of rotatable bonds is 2. The fourth-order valence-corrected chi connectivity index (χ4v) is 3.54. The van der Waals surface area contributed by atoms with E-state index in [9.17, 15) is 18.0 Å². The van der Waals surface area contributed by atoms with Crippen molar-refractivity contribution < 1.29 is 22.7 Å². The molecule has 1 aliphatic heterocycles. The third kappa shape index (κ3) is 5.10. The number of amides is 1. The molecule has 1 aliphatic rings. The molecule has 8 heteroatoms. The van der Waals surface area contributed by atoms with Crippen molar-refractivity contribution in [1.82, 2.24) is 14.9 Å². The van der Waals surface area contributed by atoms with Crippen molar-refractivity contribution in [2.45, 2.75) is 64.3 Å². The summed E-state index contributed by atoms with van der Waals surface area (Å²) in [6.45, 7) is 8.07. The maximum absolute atomic E-state index is 12.7. The number of likely N-dealkylation sites (tertiary alicyclic amines) is 1. The average molecular weight is 409 g/mol. The molecule has 0 saturated carbocycles. The number of aromatic amines is 1. The number of aromatic nitrogens is 2. The largest absolute Gasteiger partial charge is 0.444 e. The Labute approximate surface area is 168 Å². The number of nitrogens with zero attached hydrogens (tertiary/aromatic N) is 2. The quantitative estimate of drug-likeness (QED) is 0.703. The number of nitrogens with one attached hydrogen (secondary N) is 1. The van der Waals surface area contributed by atoms with Crippen molar-refractivity contribution >= 4 is 6.09 Å². The molecule has 1 saturated heterocycles. The van der Waals surface area contributed by atoms with Gasteiger partial charge in [-0.25, -0.2) is 9.78 Å². The molecular weight excluding hydrogens is 383 g/mol. The highest BCUT2D eigenvalue weighted by atomic mass is 19.4. The second-order valence-electron chi connectivity index (χ2n) is 8.50. The van der Waals surface area contributed by atoms with Crippen molar-refractivity contribution in [2.75, 3.05) is 6.54 Å². The lowest BCUT2D eigenvalue weighted by atomic mass is 9.91. The number of piperidine rings is 1. The lowest BCUT2D eigenvalue weighted by molar-refractivity contribution is -0.137. The summed E-state index contributed by atoms with van der Waals surface area (Å²) in [5.74, 6) is 0.933. The highest BCUT2D eigenvalue weighted by molar-refractivity contribution is 5.68. The van der Waals surface area contributed by atoms with Gasteiger partial charge in [0.1, 0.15) is 11.4 Å². The summed E-state index contributed by atoms with van der Waals surface area (Å²) in [6, 6.07) is 5.01. The van der Waals surface area contributed by atoms with Gasteiger partial charge in [-0.1, -0.05) is 12.1 Å². The van der Waals surface area contributed by atoms with Crippen LogP contribution in [0.3, 0.4) is 0 Å². The third-order valence-electron chi connectivity index (χ3n) is 5.01. The van der Waals surface area contributed by atoms with Crippen LogP contribution in [0.15, 0.2) is 30.5 Å². The van der Waals surface area contributed by atoms with Gasteiger partial charge in [-0.2, -0.15) is 13.2 Å². The van der Waals surface area contributed by atoms with Crippen LogP contribution in [-0.2, 0) is 10.9 Å². The molecule has 1 fully saturated rings. The summed E-state index contributed by atoms with van der Waals surface area (Å²) in [5, 5.41) is 0. The summed E-state index contributed by atoms with van der Waals surface area (Å²) < 4.78 is 43.7. The predicted octanol–water partition coefficient (Wildman–Crippen LogP) is 5.60. The van der Waals surface area contributed by atoms with Gasteiger partial charge in [0.15, 0.2) is 0 Å². The Kier molecular flexibility index (Phi) is 5.65. The molecule has 158 valence electrons. The van der Waals surface area contributed by atoms with E-state index >= 15 is 0 Å². The van der Waals surface area contributed by atoms with Gasteiger partial charge in [-0.3, -0.25) is 0 Å². The second-order valence-corrected chi connectivity index (χ2v) is 8.50. The lowest BCUT2D eigenvalue weighted by Crippen LogP contribution is -2.46. The third-order valence-corrected chi connectivity index (χ3v) is 5.01. The molecule has 29 heavy (non-hydrogen) atoms. The van der Waals surface area contributed by atoms with E-state index in [0.717, 1.165) is 30.8 Å². The molecule has 1 aromatic carbocycles. The summed E-state index contributed by atoms with van der Waals surface area (Å²) in [5.41, 5.74) is 0.113. The Morgan fingerprint density at radius 2 is 1.86 bits per heavy atom. The Morgan fingerprint density at radius 3 is 2.41 bits per heavy atom. The zero-order valence-electron chi connectivity index (χ0n) is 17.0. The predicted molar refractivity (Wildman–Crippen MR) is 103 cm³/mol. The first kappa shape index (κ1) is 21.2. The van der Waals surface area contributed by atoms with Crippen LogP contribution in [0.4, 0.5) is 18.0 Å². The fourth-order valence-electron chi connectivity index (χ4n) is 3.54. The van der Waals surface area contributed by atoms with Gasteiger partial charge in [0, 0.05) is 18.5 Å². The molecular formula is C21H26F3N3O2. The maximum atomic E-state index is 12.7. The van der Waals surface area contributed by atoms with Crippen LogP contribution >= 0.6 is 0 Å². The fraction of sp³-hybridized carbons (Fsp3) is 0.524. The molecule has 2 aromatic rings. The summed E-state index contributed by atoms with van der Waals surface area (Å²) in [7, 11) is 0. The van der Waals surface area contributed by atoms with Gasteiger partial charge in [0.25, 0.3) is 0 Å². The van der Waals surface area contributed by atoms with Crippen LogP contribution in [0, 0.1) is 0 Å². The minimum Gasteiger partial charge on any atom is -0.444 e. The highest BCUT2D eigenvalue weighted by Crippen LogP contribution is 2.33. The Morgan fingerprint density at radius 1 is 1.21 bits per heavy atom. The lowest BCUT2D eigenvalue weighted by Gasteiger charge is -2.37. The van der Waals surface area contributed by atoms with E-state index in [1.807, 2.05) is 27.7 Å². The van der Waals surface area contributed by atoms with Crippen LogP contribution in [0.5, 0.6) is 0 Å². The van der Waals surface area contributed by atoms with E-state index in [0.29, 0.717) is 17.8 Å². The molecule has 3 rings (SSSR count). The molecule has 2 unspecified atom stereocenters. The van der Waals surface area contributed by atoms with E-state index in [1.54, 1.807) is 11.1 Å². The molecule has 0 spiro atoms. The van der Waals surface area contributed by atoms with Gasteiger partial charge in [-0.15, -0.1) is 0 Å². The monoisotopic (exact) mass is 409 g/mol. The molecule has 1 aromatic heterocycles. The van der Waals surface area contributed by atoms with E-state index < -0.39 is 17.3 Å². The van der Waals surface area contributed by atoms with Gasteiger partial charge in [-0.05, 0) is 58.2 Å². The number of hydrogen-bond acceptors (Lipinski definition) is 3. The number of imidazole rings is 1. The van der Waals surface area contributed by atoms with Crippen molar-refractivity contribution in [1.29, 1.82) is 0 Å². The Balaban J connectivity index is 1.66.